The van der Waals surface area contributed by atoms with Crippen LogP contribution in [-0.2, 0) is 9.53 Å². The molecule has 7 nitrogen and oxygen atoms in total. The maximum Gasteiger partial charge on any atom is 0.242 e. The number of carbonyl (C=O) groups excluding carboxylic acids is 2. The normalized spacial score (nSPS) is 19.0. The molecule has 1 amide bonds. The van der Waals surface area contributed by atoms with Crippen LogP contribution in [0.5, 0.6) is 0 Å². The predicted octanol–water partition coefficient (Wildman–Crippen LogP) is 4.19. The van der Waals surface area contributed by atoms with Gasteiger partial charge < -0.3 is 19.9 Å². The first-order valence-corrected chi connectivity index (χ1v) is 14.6. The first-order chi connectivity index (χ1) is 18.8. The Balaban J connectivity index is 1.38. The summed E-state index contributed by atoms with van der Waals surface area (Å²) in [5.41, 5.74) is 1.36. The number of ether oxygens (including phenoxy) is 1. The molecule has 2 aliphatic heterocycles. The number of halogens is 2. The number of nitrogens with one attached hydrogen (secondary N) is 1. The smallest absolute Gasteiger partial charge is 0.242 e. The Bertz CT molecular complexity index is 1100. The van der Waals surface area contributed by atoms with Crippen molar-refractivity contribution in [1.29, 1.82) is 0 Å². The van der Waals surface area contributed by atoms with E-state index in [1.807, 2.05) is 62.6 Å². The van der Waals surface area contributed by atoms with Crippen molar-refractivity contribution in [2.24, 2.45) is 0 Å². The number of Topliss-reactive ketones (excluding diaryl/α,β-unsaturated/α-hetero) is 1. The van der Waals surface area contributed by atoms with Gasteiger partial charge in [-0.05, 0) is 49.4 Å². The highest BCUT2D eigenvalue weighted by atomic mass is 35.5. The largest absolute Gasteiger partial charge is 0.379 e. The highest BCUT2D eigenvalue weighted by molar-refractivity contribution is 6.42. The van der Waals surface area contributed by atoms with E-state index in [1.165, 1.54) is 0 Å². The summed E-state index contributed by atoms with van der Waals surface area (Å²) >= 11 is 12.6. The fourth-order valence-electron chi connectivity index (χ4n) is 5.80. The molecule has 2 aromatic rings. The molecule has 2 heterocycles. The number of likely N-dealkylation sites (tertiary alicyclic amines) is 1. The Labute approximate surface area is 242 Å². The summed E-state index contributed by atoms with van der Waals surface area (Å²) in [6.07, 6.45) is 2.52. The Kier molecular flexibility index (Phi) is 10.8. The maximum atomic E-state index is 13.4. The van der Waals surface area contributed by atoms with Crippen molar-refractivity contribution >= 4 is 34.9 Å². The number of ketones is 1. The van der Waals surface area contributed by atoms with Crippen LogP contribution in [0.4, 0.5) is 0 Å². The molecule has 0 aromatic heterocycles. The van der Waals surface area contributed by atoms with Gasteiger partial charge in [0, 0.05) is 52.4 Å². The fraction of sp³-hybridized carbons (Fsp3) is 0.533. The Hall–Kier alpha value is -2.00. The molecule has 2 fully saturated rings. The van der Waals surface area contributed by atoms with Crippen LogP contribution in [0.1, 0.15) is 41.1 Å². The number of piperidine rings is 1. The SMILES string of the molecule is CN(C)C(=O)C1(N2CCOCC2)CCN(CCC(CNCC(=O)c2ccccc2)c2ccc(Cl)c(Cl)c2)CC1. The quantitative estimate of drug-likeness (QED) is 0.406. The summed E-state index contributed by atoms with van der Waals surface area (Å²) < 4.78 is 5.57. The summed E-state index contributed by atoms with van der Waals surface area (Å²) in [6, 6.07) is 15.1. The average molecular weight is 576 g/mol. The molecule has 9 heteroatoms. The molecule has 0 spiro atoms. The van der Waals surface area contributed by atoms with Crippen molar-refractivity contribution in [3.8, 4) is 0 Å². The highest BCUT2D eigenvalue weighted by Crippen LogP contribution is 2.33. The number of amides is 1. The molecule has 2 aliphatic rings. The molecular weight excluding hydrogens is 535 g/mol. The van der Waals surface area contributed by atoms with E-state index in [0.717, 1.165) is 57.5 Å². The fourth-order valence-corrected chi connectivity index (χ4v) is 6.10. The van der Waals surface area contributed by atoms with E-state index < -0.39 is 5.54 Å². The molecule has 4 rings (SSSR count). The minimum Gasteiger partial charge on any atom is -0.379 e. The van der Waals surface area contributed by atoms with Crippen LogP contribution in [0, 0.1) is 0 Å². The highest BCUT2D eigenvalue weighted by Gasteiger charge is 2.47. The lowest BCUT2D eigenvalue weighted by molar-refractivity contribution is -0.150. The van der Waals surface area contributed by atoms with Gasteiger partial charge in [-0.15, -0.1) is 0 Å². The van der Waals surface area contributed by atoms with Crippen LogP contribution >= 0.6 is 23.2 Å². The van der Waals surface area contributed by atoms with Crippen molar-refractivity contribution in [2.45, 2.75) is 30.7 Å². The second-order valence-electron chi connectivity index (χ2n) is 10.8. The molecule has 39 heavy (non-hydrogen) atoms. The number of hydrogen-bond donors (Lipinski definition) is 1. The monoisotopic (exact) mass is 574 g/mol. The standard InChI is InChI=1S/C30H40Cl2N4O3/c1-34(2)29(38)30(36-16-18-39-19-17-36)11-14-35(15-12-30)13-10-25(24-8-9-26(31)27(32)20-24)21-33-22-28(37)23-6-4-3-5-7-23/h3-9,20,25,33H,10-19,21-22H2,1-2H3. The summed E-state index contributed by atoms with van der Waals surface area (Å²) in [4.78, 5) is 32.5. The van der Waals surface area contributed by atoms with Crippen LogP contribution in [0.3, 0.4) is 0 Å². The number of nitrogens with zero attached hydrogens (tertiary/aromatic N) is 3. The van der Waals surface area contributed by atoms with Crippen molar-refractivity contribution in [1.82, 2.24) is 20.0 Å². The van der Waals surface area contributed by atoms with Crippen LogP contribution in [-0.4, -0.2) is 105 Å². The van der Waals surface area contributed by atoms with Crippen LogP contribution in [0.15, 0.2) is 48.5 Å². The van der Waals surface area contributed by atoms with Gasteiger partial charge in [-0.1, -0.05) is 59.6 Å². The molecule has 0 bridgehead atoms. The van der Waals surface area contributed by atoms with Gasteiger partial charge in [0.1, 0.15) is 5.54 Å². The lowest BCUT2D eigenvalue weighted by Gasteiger charge is -2.49. The maximum absolute atomic E-state index is 13.4. The minimum atomic E-state index is -0.452. The molecule has 2 saturated heterocycles. The van der Waals surface area contributed by atoms with Crippen molar-refractivity contribution < 1.29 is 14.3 Å². The molecule has 0 aliphatic carbocycles. The average Bonchev–Trinajstić information content (AvgIpc) is 2.97. The van der Waals surface area contributed by atoms with Crippen molar-refractivity contribution in [2.75, 3.05) is 73.1 Å². The first-order valence-electron chi connectivity index (χ1n) is 13.8. The van der Waals surface area contributed by atoms with E-state index in [0.29, 0.717) is 35.4 Å². The number of benzene rings is 2. The van der Waals surface area contributed by atoms with Gasteiger partial charge >= 0.3 is 0 Å². The third-order valence-electron chi connectivity index (χ3n) is 8.08. The van der Waals surface area contributed by atoms with E-state index in [1.54, 1.807) is 4.90 Å². The summed E-state index contributed by atoms with van der Waals surface area (Å²) in [6.45, 7) is 6.51. The van der Waals surface area contributed by atoms with E-state index >= 15 is 0 Å². The molecule has 1 N–H and O–H groups in total. The summed E-state index contributed by atoms with van der Waals surface area (Å²) in [7, 11) is 3.71. The molecule has 1 unspecified atom stereocenters. The van der Waals surface area contributed by atoms with Crippen LogP contribution in [0.2, 0.25) is 10.0 Å². The zero-order valence-corrected chi connectivity index (χ0v) is 24.5. The van der Waals surface area contributed by atoms with Crippen LogP contribution < -0.4 is 5.32 Å². The van der Waals surface area contributed by atoms with Gasteiger partial charge in [-0.2, -0.15) is 0 Å². The molecular formula is C30H40Cl2N4O3. The third kappa shape index (κ3) is 7.60. The zero-order valence-electron chi connectivity index (χ0n) is 23.0. The number of likely N-dealkylation sites (N-methyl/N-ethyl adjacent to an activating group) is 1. The molecule has 0 radical (unpaired) electrons. The number of morpholine rings is 1. The van der Waals surface area contributed by atoms with E-state index in [9.17, 15) is 9.59 Å². The van der Waals surface area contributed by atoms with Gasteiger partial charge in [-0.3, -0.25) is 14.5 Å². The number of carbonyl (C=O) groups is 2. The lowest BCUT2D eigenvalue weighted by atomic mass is 9.83. The molecule has 1 atom stereocenters. The van der Waals surface area contributed by atoms with E-state index in [-0.39, 0.29) is 24.2 Å². The minimum absolute atomic E-state index is 0.0736. The predicted molar refractivity (Wildman–Crippen MR) is 157 cm³/mol. The second kappa shape index (κ2) is 14.1. The first kappa shape index (κ1) is 30.0. The Morgan fingerprint density at radius 3 is 2.33 bits per heavy atom. The van der Waals surface area contributed by atoms with Gasteiger partial charge in [0.2, 0.25) is 5.91 Å². The lowest BCUT2D eigenvalue weighted by Crippen LogP contribution is -2.65. The van der Waals surface area contributed by atoms with E-state index in [2.05, 4.69) is 15.1 Å². The van der Waals surface area contributed by atoms with Crippen molar-refractivity contribution in [3.05, 3.63) is 69.7 Å². The molecule has 2 aromatic carbocycles. The third-order valence-corrected chi connectivity index (χ3v) is 8.82. The Morgan fingerprint density at radius 1 is 1.00 bits per heavy atom. The number of hydrogen-bond acceptors (Lipinski definition) is 6. The van der Waals surface area contributed by atoms with Gasteiger partial charge in [0.25, 0.3) is 0 Å². The Morgan fingerprint density at radius 2 is 1.69 bits per heavy atom. The van der Waals surface area contributed by atoms with Crippen molar-refractivity contribution in [3.63, 3.8) is 0 Å². The van der Waals surface area contributed by atoms with Gasteiger partial charge in [0.05, 0.1) is 29.8 Å². The molecule has 212 valence electrons. The van der Waals surface area contributed by atoms with Crippen LogP contribution in [0.25, 0.3) is 0 Å². The number of rotatable bonds is 11. The second-order valence-corrected chi connectivity index (χ2v) is 11.6. The topological polar surface area (TPSA) is 65.1 Å². The van der Waals surface area contributed by atoms with Gasteiger partial charge in [0.15, 0.2) is 5.78 Å². The molecule has 0 saturated carbocycles. The van der Waals surface area contributed by atoms with Gasteiger partial charge in [-0.25, -0.2) is 0 Å². The van der Waals surface area contributed by atoms with E-state index in [4.69, 9.17) is 27.9 Å². The summed E-state index contributed by atoms with van der Waals surface area (Å²) in [5.74, 6) is 0.437. The zero-order chi connectivity index (χ0) is 27.8. The summed E-state index contributed by atoms with van der Waals surface area (Å²) in [5, 5.41) is 4.45.